The second-order valence-corrected chi connectivity index (χ2v) is 6.25. The molecule has 112 valence electrons. The number of ether oxygens (including phenoxy) is 1. The van der Waals surface area contributed by atoms with Gasteiger partial charge < -0.3 is 10.1 Å². The summed E-state index contributed by atoms with van der Waals surface area (Å²) in [5.41, 5.74) is 0.148. The zero-order valence-electron chi connectivity index (χ0n) is 12.4. The largest absolute Gasteiger partial charge is 0.375 e. The van der Waals surface area contributed by atoms with Gasteiger partial charge in [-0.2, -0.15) is 5.10 Å². The average Bonchev–Trinajstić information content (AvgIpc) is 2.99. The molecule has 1 aromatic rings. The molecule has 2 unspecified atom stereocenters. The molecule has 5 heteroatoms. The lowest BCUT2D eigenvalue weighted by molar-refractivity contribution is -0.122. The monoisotopic (exact) mass is 278 g/mol. The van der Waals surface area contributed by atoms with Gasteiger partial charge >= 0.3 is 0 Å². The Morgan fingerprint density at radius 2 is 2.30 bits per heavy atom. The third-order valence-electron chi connectivity index (χ3n) is 4.92. The molecule has 3 rings (SSSR count). The Morgan fingerprint density at radius 1 is 1.45 bits per heavy atom. The molecule has 1 saturated carbocycles. The summed E-state index contributed by atoms with van der Waals surface area (Å²) in [5, 5.41) is 10.7. The van der Waals surface area contributed by atoms with Crippen LogP contribution >= 0.6 is 0 Å². The minimum atomic E-state index is 0.148. The van der Waals surface area contributed by atoms with Gasteiger partial charge in [0.2, 0.25) is 0 Å². The van der Waals surface area contributed by atoms with Gasteiger partial charge in [0, 0.05) is 6.61 Å². The van der Waals surface area contributed by atoms with Crippen LogP contribution in [0.25, 0.3) is 0 Å². The first kappa shape index (κ1) is 14.0. The first-order valence-corrected chi connectivity index (χ1v) is 8.05. The first-order chi connectivity index (χ1) is 9.83. The molecule has 1 aliphatic carbocycles. The molecular weight excluding hydrogens is 252 g/mol. The van der Waals surface area contributed by atoms with Crippen LogP contribution < -0.4 is 5.32 Å². The summed E-state index contributed by atoms with van der Waals surface area (Å²) in [7, 11) is 0. The van der Waals surface area contributed by atoms with Crippen molar-refractivity contribution in [2.24, 2.45) is 5.92 Å². The molecule has 1 aliphatic heterocycles. The second-order valence-electron chi connectivity index (χ2n) is 6.25. The van der Waals surface area contributed by atoms with E-state index in [9.17, 15) is 0 Å². The Kier molecular flexibility index (Phi) is 4.36. The van der Waals surface area contributed by atoms with E-state index in [1.54, 1.807) is 6.33 Å². The molecule has 2 N–H and O–H groups in total. The lowest BCUT2D eigenvalue weighted by Gasteiger charge is -2.45. The molecule has 2 heterocycles. The third kappa shape index (κ3) is 2.88. The lowest BCUT2D eigenvalue weighted by Crippen LogP contribution is -2.45. The van der Waals surface area contributed by atoms with E-state index in [1.165, 1.54) is 32.1 Å². The summed E-state index contributed by atoms with van der Waals surface area (Å²) in [6.07, 6.45) is 10.4. The molecule has 0 amide bonds. The molecule has 2 atom stereocenters. The molecule has 0 aromatic carbocycles. The van der Waals surface area contributed by atoms with Crippen LogP contribution in [0.4, 0.5) is 0 Å². The molecule has 0 bridgehead atoms. The van der Waals surface area contributed by atoms with Gasteiger partial charge in [-0.3, -0.25) is 5.10 Å². The Balaban J connectivity index is 1.73. The van der Waals surface area contributed by atoms with Crippen molar-refractivity contribution in [1.82, 2.24) is 20.5 Å². The fraction of sp³-hybridized carbons (Fsp3) is 0.867. The number of nitrogens with one attached hydrogen (secondary N) is 2. The van der Waals surface area contributed by atoms with Crippen LogP contribution in [-0.2, 0) is 4.74 Å². The highest BCUT2D eigenvalue weighted by atomic mass is 16.5. The van der Waals surface area contributed by atoms with E-state index in [0.29, 0.717) is 5.92 Å². The summed E-state index contributed by atoms with van der Waals surface area (Å²) in [4.78, 5) is 4.37. The molecular formula is C15H26N4O. The van der Waals surface area contributed by atoms with Gasteiger partial charge in [-0.1, -0.05) is 26.2 Å². The number of aromatic amines is 1. The van der Waals surface area contributed by atoms with E-state index in [-0.39, 0.29) is 11.6 Å². The number of H-pyrrole nitrogens is 1. The van der Waals surface area contributed by atoms with Crippen molar-refractivity contribution in [1.29, 1.82) is 0 Å². The maximum Gasteiger partial charge on any atom is 0.141 e. The fourth-order valence-electron chi connectivity index (χ4n) is 3.97. The second kappa shape index (κ2) is 6.22. The van der Waals surface area contributed by atoms with Crippen molar-refractivity contribution >= 4 is 0 Å². The summed E-state index contributed by atoms with van der Waals surface area (Å²) >= 11 is 0. The summed E-state index contributed by atoms with van der Waals surface area (Å²) in [5.74, 6) is 1.57. The highest BCUT2D eigenvalue weighted by Crippen LogP contribution is 2.43. The van der Waals surface area contributed by atoms with Crippen LogP contribution in [0.15, 0.2) is 6.33 Å². The van der Waals surface area contributed by atoms with Crippen LogP contribution in [0.5, 0.6) is 0 Å². The number of hydrogen-bond acceptors (Lipinski definition) is 4. The van der Waals surface area contributed by atoms with Crippen molar-refractivity contribution in [3.8, 4) is 0 Å². The SMILES string of the molecule is CCNC(c1ncn[nH]1)C1CCOC2(CCCCC2)C1. The van der Waals surface area contributed by atoms with Crippen LogP contribution in [-0.4, -0.2) is 33.9 Å². The van der Waals surface area contributed by atoms with Crippen molar-refractivity contribution in [3.05, 3.63) is 12.2 Å². The molecule has 5 nitrogen and oxygen atoms in total. The zero-order chi connectivity index (χ0) is 13.8. The third-order valence-corrected chi connectivity index (χ3v) is 4.92. The molecule has 1 aromatic heterocycles. The normalized spacial score (nSPS) is 27.6. The maximum atomic E-state index is 6.21. The van der Waals surface area contributed by atoms with E-state index in [4.69, 9.17) is 4.74 Å². The highest BCUT2D eigenvalue weighted by Gasteiger charge is 2.41. The van der Waals surface area contributed by atoms with Gasteiger partial charge in [0.15, 0.2) is 0 Å². The van der Waals surface area contributed by atoms with Gasteiger partial charge in [0.05, 0.1) is 11.6 Å². The number of hydrogen-bond donors (Lipinski definition) is 2. The Bertz CT molecular complexity index is 395. The van der Waals surface area contributed by atoms with Crippen LogP contribution in [0.2, 0.25) is 0 Å². The van der Waals surface area contributed by atoms with E-state index in [2.05, 4.69) is 27.4 Å². The number of nitrogens with zero attached hydrogens (tertiary/aromatic N) is 2. The maximum absolute atomic E-state index is 6.21. The molecule has 2 fully saturated rings. The van der Waals surface area contributed by atoms with Crippen molar-refractivity contribution < 1.29 is 4.74 Å². The lowest BCUT2D eigenvalue weighted by atomic mass is 9.74. The first-order valence-electron chi connectivity index (χ1n) is 8.05. The summed E-state index contributed by atoms with van der Waals surface area (Å²) in [6, 6.07) is 0.283. The molecule has 20 heavy (non-hydrogen) atoms. The van der Waals surface area contributed by atoms with Gasteiger partial charge in [-0.25, -0.2) is 4.98 Å². The van der Waals surface area contributed by atoms with Crippen LogP contribution in [0, 0.1) is 5.92 Å². The van der Waals surface area contributed by atoms with E-state index in [0.717, 1.165) is 31.8 Å². The van der Waals surface area contributed by atoms with Crippen molar-refractivity contribution in [3.63, 3.8) is 0 Å². The van der Waals surface area contributed by atoms with Gasteiger partial charge in [-0.15, -0.1) is 0 Å². The van der Waals surface area contributed by atoms with Gasteiger partial charge in [-0.05, 0) is 38.1 Å². The highest BCUT2D eigenvalue weighted by molar-refractivity contribution is 5.00. The number of rotatable bonds is 4. The quantitative estimate of drug-likeness (QED) is 0.888. The summed E-state index contributed by atoms with van der Waals surface area (Å²) < 4.78 is 6.21. The topological polar surface area (TPSA) is 62.8 Å². The fourth-order valence-corrected chi connectivity index (χ4v) is 3.97. The molecule has 0 radical (unpaired) electrons. The standard InChI is InChI=1S/C15H26N4O/c1-2-16-13(14-17-11-18-19-14)12-6-9-20-15(10-12)7-4-3-5-8-15/h11-13,16H,2-10H2,1H3,(H,17,18,19). The van der Waals surface area contributed by atoms with Gasteiger partial charge in [0.1, 0.15) is 12.2 Å². The van der Waals surface area contributed by atoms with Crippen molar-refractivity contribution in [2.75, 3.05) is 13.2 Å². The summed E-state index contributed by atoms with van der Waals surface area (Å²) in [6.45, 7) is 4.00. The Labute approximate surface area is 120 Å². The van der Waals surface area contributed by atoms with E-state index in [1.807, 2.05) is 0 Å². The minimum absolute atomic E-state index is 0.148. The zero-order valence-corrected chi connectivity index (χ0v) is 12.4. The number of aromatic nitrogens is 3. The van der Waals surface area contributed by atoms with Crippen molar-refractivity contribution in [2.45, 2.75) is 63.5 Å². The van der Waals surface area contributed by atoms with Crippen LogP contribution in [0.1, 0.15) is 63.7 Å². The van der Waals surface area contributed by atoms with E-state index < -0.39 is 0 Å². The van der Waals surface area contributed by atoms with Crippen LogP contribution in [0.3, 0.4) is 0 Å². The van der Waals surface area contributed by atoms with E-state index >= 15 is 0 Å². The predicted octanol–water partition coefficient (Wildman–Crippen LogP) is 2.58. The molecule has 2 aliphatic rings. The molecule has 1 saturated heterocycles. The minimum Gasteiger partial charge on any atom is -0.375 e. The average molecular weight is 278 g/mol. The van der Waals surface area contributed by atoms with Gasteiger partial charge in [0.25, 0.3) is 0 Å². The smallest absolute Gasteiger partial charge is 0.141 e. The predicted molar refractivity (Wildman–Crippen MR) is 77.3 cm³/mol. The Hall–Kier alpha value is -0.940. The Morgan fingerprint density at radius 3 is 3.00 bits per heavy atom. The molecule has 1 spiro atoms.